The fourth-order valence-electron chi connectivity index (χ4n) is 3.24. The number of rotatable bonds is 6. The summed E-state index contributed by atoms with van der Waals surface area (Å²) in [6.07, 6.45) is 3.50. The Morgan fingerprint density at radius 2 is 1.77 bits per heavy atom. The van der Waals surface area contributed by atoms with E-state index in [9.17, 15) is 9.59 Å². The molecule has 3 heterocycles. The van der Waals surface area contributed by atoms with Gasteiger partial charge >= 0.3 is 0 Å². The highest BCUT2D eigenvalue weighted by Gasteiger charge is 2.15. The number of nitrogens with zero attached hydrogens (tertiary/aromatic N) is 4. The highest BCUT2D eigenvalue weighted by atomic mass is 32.1. The average Bonchev–Trinajstić information content (AvgIpc) is 3.43. The van der Waals surface area contributed by atoms with Crippen LogP contribution in [0.15, 0.2) is 54.2 Å². The Kier molecular flexibility index (Phi) is 5.33. The van der Waals surface area contributed by atoms with Crippen molar-refractivity contribution in [1.82, 2.24) is 19.1 Å². The summed E-state index contributed by atoms with van der Waals surface area (Å²) in [7, 11) is 1.78. The van der Waals surface area contributed by atoms with Crippen LogP contribution in [0.5, 0.6) is 0 Å². The number of aryl methyl sites for hydroxylation is 3. The van der Waals surface area contributed by atoms with Gasteiger partial charge in [0.1, 0.15) is 0 Å². The first-order chi connectivity index (χ1) is 14.4. The van der Waals surface area contributed by atoms with Crippen LogP contribution in [0, 0.1) is 13.8 Å². The van der Waals surface area contributed by atoms with E-state index in [2.05, 4.69) is 19.9 Å². The third kappa shape index (κ3) is 3.95. The van der Waals surface area contributed by atoms with Gasteiger partial charge in [-0.2, -0.15) is 0 Å². The minimum absolute atomic E-state index is 0.157. The van der Waals surface area contributed by atoms with E-state index in [-0.39, 0.29) is 18.1 Å². The van der Waals surface area contributed by atoms with E-state index in [4.69, 9.17) is 0 Å². The number of anilines is 1. The molecule has 3 aromatic heterocycles. The zero-order chi connectivity index (χ0) is 21.3. The third-order valence-electron chi connectivity index (χ3n) is 4.80. The standard InChI is InChI=1S/C22H21N5O2S/c1-14-4-5-15(2)27(14)22-25-18(13-30-22)12-19(28)24-17-8-6-16(7-9-17)20(29)21-23-10-11-26(21)3/h4-11,13H,12H2,1-3H3,(H,24,28). The maximum atomic E-state index is 12.5. The lowest BCUT2D eigenvalue weighted by Crippen LogP contribution is -2.15. The quantitative estimate of drug-likeness (QED) is 0.483. The van der Waals surface area contributed by atoms with Crippen molar-refractivity contribution in [1.29, 1.82) is 0 Å². The molecule has 152 valence electrons. The van der Waals surface area contributed by atoms with E-state index >= 15 is 0 Å². The van der Waals surface area contributed by atoms with Gasteiger partial charge in [0, 0.05) is 47.5 Å². The van der Waals surface area contributed by atoms with Crippen molar-refractivity contribution in [2.45, 2.75) is 20.3 Å². The molecule has 0 radical (unpaired) electrons. The molecule has 0 fully saturated rings. The summed E-state index contributed by atoms with van der Waals surface area (Å²) < 4.78 is 3.75. The van der Waals surface area contributed by atoms with Gasteiger partial charge in [0.05, 0.1) is 12.1 Å². The van der Waals surface area contributed by atoms with Crippen LogP contribution in [0.25, 0.3) is 5.13 Å². The van der Waals surface area contributed by atoms with Crippen molar-refractivity contribution in [2.75, 3.05) is 5.32 Å². The van der Waals surface area contributed by atoms with E-state index in [0.29, 0.717) is 17.1 Å². The molecule has 0 aliphatic carbocycles. The third-order valence-corrected chi connectivity index (χ3v) is 5.67. The molecule has 0 atom stereocenters. The molecule has 0 saturated heterocycles. The van der Waals surface area contributed by atoms with E-state index in [1.807, 2.05) is 31.4 Å². The number of thiazole rings is 1. The molecule has 1 amide bonds. The van der Waals surface area contributed by atoms with E-state index in [1.54, 1.807) is 48.3 Å². The minimum Gasteiger partial charge on any atom is -0.331 e. The van der Waals surface area contributed by atoms with Crippen LogP contribution in [-0.2, 0) is 18.3 Å². The second-order valence-corrected chi connectivity index (χ2v) is 7.90. The second kappa shape index (κ2) is 8.08. The zero-order valence-electron chi connectivity index (χ0n) is 16.9. The van der Waals surface area contributed by atoms with Gasteiger partial charge in [-0.05, 0) is 50.2 Å². The molecule has 0 aliphatic rings. The van der Waals surface area contributed by atoms with Crippen LogP contribution in [0.1, 0.15) is 33.3 Å². The lowest BCUT2D eigenvalue weighted by atomic mass is 10.1. The summed E-state index contributed by atoms with van der Waals surface area (Å²) in [4.78, 5) is 33.6. The van der Waals surface area contributed by atoms with Crippen LogP contribution in [-0.4, -0.2) is 30.8 Å². The molecule has 1 N–H and O–H groups in total. The van der Waals surface area contributed by atoms with Crippen molar-refractivity contribution in [3.8, 4) is 5.13 Å². The number of aromatic nitrogens is 4. The molecular weight excluding hydrogens is 398 g/mol. The summed E-state index contributed by atoms with van der Waals surface area (Å²) in [6.45, 7) is 4.06. The van der Waals surface area contributed by atoms with Gasteiger partial charge < -0.3 is 9.88 Å². The van der Waals surface area contributed by atoms with E-state index in [0.717, 1.165) is 22.2 Å². The molecular formula is C22H21N5O2S. The Morgan fingerprint density at radius 1 is 1.07 bits per heavy atom. The normalized spacial score (nSPS) is 10.9. The first-order valence-corrected chi connectivity index (χ1v) is 10.3. The van der Waals surface area contributed by atoms with Crippen molar-refractivity contribution >= 4 is 28.7 Å². The number of hydrogen-bond acceptors (Lipinski definition) is 5. The number of hydrogen-bond donors (Lipinski definition) is 1. The van der Waals surface area contributed by atoms with Crippen molar-refractivity contribution < 1.29 is 9.59 Å². The van der Waals surface area contributed by atoms with Gasteiger partial charge in [0.2, 0.25) is 11.7 Å². The Labute approximate surface area is 178 Å². The predicted molar refractivity (Wildman–Crippen MR) is 116 cm³/mol. The summed E-state index contributed by atoms with van der Waals surface area (Å²) >= 11 is 1.52. The average molecular weight is 420 g/mol. The highest BCUT2D eigenvalue weighted by Crippen LogP contribution is 2.21. The maximum Gasteiger partial charge on any atom is 0.230 e. The smallest absolute Gasteiger partial charge is 0.230 e. The molecule has 4 rings (SSSR count). The Morgan fingerprint density at radius 3 is 2.40 bits per heavy atom. The highest BCUT2D eigenvalue weighted by molar-refractivity contribution is 7.12. The number of carbonyl (C=O) groups excluding carboxylic acids is 2. The predicted octanol–water partition coefficient (Wildman–Crippen LogP) is 3.70. The lowest BCUT2D eigenvalue weighted by Gasteiger charge is -2.06. The summed E-state index contributed by atoms with van der Waals surface area (Å²) in [5.74, 6) is 0.0567. The van der Waals surface area contributed by atoms with Crippen molar-refractivity contribution in [3.05, 3.63) is 82.6 Å². The fourth-order valence-corrected chi connectivity index (χ4v) is 4.18. The largest absolute Gasteiger partial charge is 0.331 e. The first kappa shape index (κ1) is 19.8. The Bertz CT molecular complexity index is 1200. The molecule has 1 aromatic carbocycles. The monoisotopic (exact) mass is 419 g/mol. The van der Waals surface area contributed by atoms with Gasteiger partial charge in [-0.3, -0.25) is 14.2 Å². The molecule has 0 bridgehead atoms. The molecule has 7 nitrogen and oxygen atoms in total. The topological polar surface area (TPSA) is 81.8 Å². The maximum absolute atomic E-state index is 12.5. The SMILES string of the molecule is Cc1ccc(C)n1-c1nc(CC(=O)Nc2ccc(C(=O)c3nccn3C)cc2)cs1. The van der Waals surface area contributed by atoms with Crippen LogP contribution in [0.2, 0.25) is 0 Å². The Balaban J connectivity index is 1.40. The van der Waals surface area contributed by atoms with Gasteiger partial charge in [-0.25, -0.2) is 9.97 Å². The van der Waals surface area contributed by atoms with Crippen LogP contribution in [0.4, 0.5) is 5.69 Å². The van der Waals surface area contributed by atoms with Crippen LogP contribution < -0.4 is 5.32 Å². The molecule has 8 heteroatoms. The second-order valence-electron chi connectivity index (χ2n) is 7.07. The van der Waals surface area contributed by atoms with Gasteiger partial charge in [-0.1, -0.05) is 0 Å². The van der Waals surface area contributed by atoms with Crippen LogP contribution >= 0.6 is 11.3 Å². The zero-order valence-corrected chi connectivity index (χ0v) is 17.7. The molecule has 0 unspecified atom stereocenters. The molecule has 30 heavy (non-hydrogen) atoms. The minimum atomic E-state index is -0.161. The fraction of sp³-hybridized carbons (Fsp3) is 0.182. The Hall–Kier alpha value is -3.52. The molecule has 0 spiro atoms. The number of carbonyl (C=O) groups is 2. The van der Waals surface area contributed by atoms with Crippen molar-refractivity contribution in [3.63, 3.8) is 0 Å². The van der Waals surface area contributed by atoms with Gasteiger partial charge in [0.25, 0.3) is 0 Å². The lowest BCUT2D eigenvalue weighted by molar-refractivity contribution is -0.115. The van der Waals surface area contributed by atoms with E-state index in [1.165, 1.54) is 11.3 Å². The number of imidazole rings is 1. The number of benzene rings is 1. The van der Waals surface area contributed by atoms with Crippen molar-refractivity contribution in [2.24, 2.45) is 7.05 Å². The van der Waals surface area contributed by atoms with Crippen LogP contribution in [0.3, 0.4) is 0 Å². The number of ketones is 1. The molecule has 0 saturated carbocycles. The summed E-state index contributed by atoms with van der Waals surface area (Å²) in [5.41, 5.74) is 4.09. The van der Waals surface area contributed by atoms with Gasteiger partial charge in [-0.15, -0.1) is 11.3 Å². The summed E-state index contributed by atoms with van der Waals surface area (Å²) in [6, 6.07) is 10.9. The molecule has 4 aromatic rings. The summed E-state index contributed by atoms with van der Waals surface area (Å²) in [5, 5.41) is 5.62. The number of amides is 1. The van der Waals surface area contributed by atoms with Gasteiger partial charge in [0.15, 0.2) is 11.0 Å². The number of nitrogens with one attached hydrogen (secondary N) is 1. The first-order valence-electron chi connectivity index (χ1n) is 9.44. The van der Waals surface area contributed by atoms with E-state index < -0.39 is 0 Å². The molecule has 0 aliphatic heterocycles.